The van der Waals surface area contributed by atoms with Gasteiger partial charge in [0.1, 0.15) is 11.4 Å². The third kappa shape index (κ3) is 3.22. The van der Waals surface area contributed by atoms with Crippen LogP contribution in [0, 0.1) is 0 Å². The summed E-state index contributed by atoms with van der Waals surface area (Å²) in [6.45, 7) is 0.729. The van der Waals surface area contributed by atoms with Crippen molar-refractivity contribution in [2.24, 2.45) is 5.73 Å². The lowest BCUT2D eigenvalue weighted by atomic mass is 9.66. The summed E-state index contributed by atoms with van der Waals surface area (Å²) in [6, 6.07) is 6.58. The lowest BCUT2D eigenvalue weighted by Crippen LogP contribution is -2.71. The number of nitrogens with two attached hydrogens (primary N) is 1. The average molecular weight is 420 g/mol. The molecule has 1 fully saturated rings. The van der Waals surface area contributed by atoms with Crippen molar-refractivity contribution in [1.29, 1.82) is 0 Å². The Labute approximate surface area is 172 Å². The molecule has 3 atom stereocenters. The molecule has 2 heterocycles. The van der Waals surface area contributed by atoms with Crippen molar-refractivity contribution in [2.45, 2.75) is 36.6 Å². The SMILES string of the molecule is CN1CC[C@]2(N)c3cc(O)ccc3C[C@@H]1[C@H]2N(C)C(=O)c1ccc(C(F)(F)F)cn1. The minimum Gasteiger partial charge on any atom is -0.508 e. The molecule has 30 heavy (non-hydrogen) atoms. The molecule has 6 nitrogen and oxygen atoms in total. The van der Waals surface area contributed by atoms with Crippen LogP contribution in [0.1, 0.15) is 33.6 Å². The molecule has 0 unspecified atom stereocenters. The third-order valence-electron chi connectivity index (χ3n) is 6.41. The van der Waals surface area contributed by atoms with Crippen LogP contribution in [0.15, 0.2) is 36.5 Å². The molecule has 2 aromatic rings. The summed E-state index contributed by atoms with van der Waals surface area (Å²) in [7, 11) is 3.57. The molecule has 4 rings (SSSR count). The van der Waals surface area contributed by atoms with E-state index in [0.717, 1.165) is 29.8 Å². The number of likely N-dealkylation sites (N-methyl/N-ethyl adjacent to an activating group) is 2. The number of halogens is 3. The highest BCUT2D eigenvalue weighted by atomic mass is 19.4. The summed E-state index contributed by atoms with van der Waals surface area (Å²) in [4.78, 5) is 20.5. The van der Waals surface area contributed by atoms with Gasteiger partial charge in [0.25, 0.3) is 5.91 Å². The first-order chi connectivity index (χ1) is 14.0. The molecule has 1 aromatic heterocycles. The van der Waals surface area contributed by atoms with Gasteiger partial charge in [0.15, 0.2) is 0 Å². The molecule has 9 heteroatoms. The van der Waals surface area contributed by atoms with Crippen LogP contribution in [0.5, 0.6) is 5.75 Å². The third-order valence-corrected chi connectivity index (χ3v) is 6.41. The van der Waals surface area contributed by atoms with E-state index in [1.165, 1.54) is 4.90 Å². The van der Waals surface area contributed by atoms with Crippen LogP contribution < -0.4 is 5.73 Å². The zero-order valence-corrected chi connectivity index (χ0v) is 16.6. The van der Waals surface area contributed by atoms with Gasteiger partial charge in [-0.05, 0) is 55.3 Å². The van der Waals surface area contributed by atoms with Crippen molar-refractivity contribution in [3.8, 4) is 5.75 Å². The van der Waals surface area contributed by atoms with Gasteiger partial charge >= 0.3 is 6.18 Å². The van der Waals surface area contributed by atoms with E-state index >= 15 is 0 Å². The minimum atomic E-state index is -4.52. The van der Waals surface area contributed by atoms with E-state index in [2.05, 4.69) is 9.88 Å². The van der Waals surface area contributed by atoms with E-state index in [4.69, 9.17) is 5.73 Å². The molecule has 2 aliphatic rings. The first-order valence-electron chi connectivity index (χ1n) is 9.64. The Morgan fingerprint density at radius 1 is 1.33 bits per heavy atom. The fourth-order valence-corrected chi connectivity index (χ4v) is 4.82. The summed E-state index contributed by atoms with van der Waals surface area (Å²) >= 11 is 0. The number of pyridine rings is 1. The highest BCUT2D eigenvalue weighted by Gasteiger charge is 2.53. The van der Waals surface area contributed by atoms with E-state index < -0.39 is 29.2 Å². The second kappa shape index (κ2) is 6.95. The van der Waals surface area contributed by atoms with Crippen LogP contribution in [-0.2, 0) is 18.1 Å². The average Bonchev–Trinajstić information content (AvgIpc) is 2.70. The maximum absolute atomic E-state index is 13.1. The summed E-state index contributed by atoms with van der Waals surface area (Å²) in [5.74, 6) is -0.388. The maximum atomic E-state index is 13.1. The molecule has 0 radical (unpaired) electrons. The van der Waals surface area contributed by atoms with E-state index in [1.54, 1.807) is 19.2 Å². The zero-order chi connectivity index (χ0) is 21.8. The van der Waals surface area contributed by atoms with Gasteiger partial charge in [-0.3, -0.25) is 9.78 Å². The summed E-state index contributed by atoms with van der Waals surface area (Å²) < 4.78 is 38.4. The van der Waals surface area contributed by atoms with E-state index in [9.17, 15) is 23.1 Å². The number of aromatic nitrogens is 1. The Bertz CT molecular complexity index is 979. The smallest absolute Gasteiger partial charge is 0.417 e. The number of phenols is 1. The van der Waals surface area contributed by atoms with Crippen LogP contribution in [-0.4, -0.2) is 58.5 Å². The molecule has 1 amide bonds. The van der Waals surface area contributed by atoms with Gasteiger partial charge in [-0.2, -0.15) is 13.2 Å². The fourth-order valence-electron chi connectivity index (χ4n) is 4.82. The summed E-state index contributed by atoms with van der Waals surface area (Å²) in [6.07, 6.45) is -2.63. The van der Waals surface area contributed by atoms with Crippen LogP contribution in [0.3, 0.4) is 0 Å². The minimum absolute atomic E-state index is 0.0656. The van der Waals surface area contributed by atoms with E-state index in [0.29, 0.717) is 19.0 Å². The lowest BCUT2D eigenvalue weighted by molar-refractivity contribution is -0.137. The Morgan fingerprint density at radius 3 is 2.70 bits per heavy atom. The number of fused-ring (bicyclic) bond motifs is 4. The number of hydrogen-bond donors (Lipinski definition) is 2. The number of rotatable bonds is 2. The number of hydrogen-bond acceptors (Lipinski definition) is 5. The number of alkyl halides is 3. The molecular weight excluding hydrogens is 397 g/mol. The molecule has 0 spiro atoms. The standard InChI is InChI=1S/C21H23F3N4O2/c1-27-8-7-20(25)15-10-14(29)5-3-12(15)9-17(27)18(20)28(2)19(30)16-6-4-13(11-26-16)21(22,23)24/h3-6,10-11,17-18,29H,7-9,25H2,1-2H3/t17-,18-,20+/m1/s1. The number of carbonyl (C=O) groups is 1. The first-order valence-corrected chi connectivity index (χ1v) is 9.64. The predicted molar refractivity (Wildman–Crippen MR) is 104 cm³/mol. The number of carbonyl (C=O) groups excluding carboxylic acids is 1. The Hall–Kier alpha value is -2.65. The van der Waals surface area contributed by atoms with Crippen molar-refractivity contribution in [1.82, 2.24) is 14.8 Å². The van der Waals surface area contributed by atoms with Crippen molar-refractivity contribution >= 4 is 5.91 Å². The van der Waals surface area contributed by atoms with Crippen molar-refractivity contribution in [2.75, 3.05) is 20.6 Å². The number of piperidine rings is 1. The van der Waals surface area contributed by atoms with Gasteiger partial charge in [-0.25, -0.2) is 0 Å². The molecule has 1 aliphatic carbocycles. The van der Waals surface area contributed by atoms with E-state index in [1.807, 2.05) is 13.1 Å². The van der Waals surface area contributed by atoms with Gasteiger partial charge in [-0.1, -0.05) is 6.07 Å². The highest BCUT2D eigenvalue weighted by Crippen LogP contribution is 2.44. The molecule has 1 aromatic carbocycles. The fraction of sp³-hybridized carbons (Fsp3) is 0.429. The topological polar surface area (TPSA) is 82.7 Å². The number of amides is 1. The highest BCUT2D eigenvalue weighted by molar-refractivity contribution is 5.92. The number of nitrogens with zero attached hydrogens (tertiary/aromatic N) is 3. The Balaban J connectivity index is 1.70. The monoisotopic (exact) mass is 420 g/mol. The molecule has 160 valence electrons. The quantitative estimate of drug-likeness (QED) is 0.780. The predicted octanol–water partition coefficient (Wildman–Crippen LogP) is 2.36. The van der Waals surface area contributed by atoms with Crippen LogP contribution >= 0.6 is 0 Å². The van der Waals surface area contributed by atoms with Gasteiger partial charge in [0, 0.05) is 25.8 Å². The summed E-state index contributed by atoms with van der Waals surface area (Å²) in [5, 5.41) is 10.0. The number of phenolic OH excluding ortho intramolecular Hbond substituents is 1. The van der Waals surface area contributed by atoms with Gasteiger partial charge in [0.05, 0.1) is 17.1 Å². The van der Waals surface area contributed by atoms with Crippen LogP contribution in [0.25, 0.3) is 0 Å². The van der Waals surface area contributed by atoms with Gasteiger partial charge in [-0.15, -0.1) is 0 Å². The van der Waals surface area contributed by atoms with Gasteiger partial charge in [0.2, 0.25) is 0 Å². The Morgan fingerprint density at radius 2 is 2.07 bits per heavy atom. The second-order valence-electron chi connectivity index (χ2n) is 8.17. The van der Waals surface area contributed by atoms with Gasteiger partial charge < -0.3 is 20.6 Å². The first kappa shape index (κ1) is 20.6. The Kier molecular flexibility index (Phi) is 4.78. The number of aromatic hydroxyl groups is 1. The number of likely N-dealkylation sites (tertiary alicyclic amines) is 1. The second-order valence-corrected chi connectivity index (χ2v) is 8.17. The van der Waals surface area contributed by atoms with Crippen molar-refractivity contribution < 1.29 is 23.1 Å². The van der Waals surface area contributed by atoms with Crippen LogP contribution in [0.4, 0.5) is 13.2 Å². The molecule has 2 bridgehead atoms. The summed E-state index contributed by atoms with van der Waals surface area (Å²) in [5.41, 5.74) is 6.84. The lowest BCUT2D eigenvalue weighted by Gasteiger charge is -2.56. The van der Waals surface area contributed by atoms with Crippen LogP contribution in [0.2, 0.25) is 0 Å². The van der Waals surface area contributed by atoms with E-state index in [-0.39, 0.29) is 17.5 Å². The molecule has 1 saturated heterocycles. The normalized spacial score (nSPS) is 26.2. The largest absolute Gasteiger partial charge is 0.508 e. The van der Waals surface area contributed by atoms with Crippen molar-refractivity contribution in [3.63, 3.8) is 0 Å². The molecule has 1 aliphatic heterocycles. The molecule has 3 N–H and O–H groups in total. The molecule has 0 saturated carbocycles. The molecular formula is C21H23F3N4O2. The van der Waals surface area contributed by atoms with Crippen molar-refractivity contribution in [3.05, 3.63) is 58.9 Å². The zero-order valence-electron chi connectivity index (χ0n) is 16.6. The number of benzene rings is 1. The maximum Gasteiger partial charge on any atom is 0.417 e.